The van der Waals surface area contributed by atoms with Gasteiger partial charge in [-0.25, -0.2) is 4.79 Å². The van der Waals surface area contributed by atoms with Crippen LogP contribution >= 0.6 is 0 Å². The van der Waals surface area contributed by atoms with Crippen molar-refractivity contribution >= 4 is 17.7 Å². The van der Waals surface area contributed by atoms with Gasteiger partial charge >= 0.3 is 6.09 Å². The van der Waals surface area contributed by atoms with Gasteiger partial charge in [0.1, 0.15) is 5.60 Å². The van der Waals surface area contributed by atoms with Crippen molar-refractivity contribution in [1.82, 2.24) is 5.32 Å². The molecule has 0 spiro atoms. The summed E-state index contributed by atoms with van der Waals surface area (Å²) < 4.78 is 10.2. The Morgan fingerprint density at radius 1 is 1.15 bits per heavy atom. The number of carbonyl (C=O) groups excluding carboxylic acids is 2. The molecule has 112 valence electrons. The first-order valence-corrected chi connectivity index (χ1v) is 6.38. The summed E-state index contributed by atoms with van der Waals surface area (Å²) in [7, 11) is 0. The zero-order valence-electron chi connectivity index (χ0n) is 12.8. The molecule has 2 N–H and O–H groups in total. The topological polar surface area (TPSA) is 80.6 Å². The standard InChI is InChI=1S/C14H22N2O4/c1-13(2,3)16-11(17)10-9(7-8-19-10)15-12(18)20-14(4,5)6/h7-8H,1-6H3,(H,15,18)(H,16,17). The van der Waals surface area contributed by atoms with E-state index < -0.39 is 23.1 Å². The Morgan fingerprint density at radius 3 is 2.25 bits per heavy atom. The number of ether oxygens (including phenoxy) is 1. The van der Waals surface area contributed by atoms with Crippen LogP contribution in [-0.4, -0.2) is 23.1 Å². The third-order valence-corrected chi connectivity index (χ3v) is 2.00. The van der Waals surface area contributed by atoms with Crippen LogP contribution in [0, 0.1) is 0 Å². The molecule has 0 saturated carbocycles. The van der Waals surface area contributed by atoms with E-state index in [0.717, 1.165) is 0 Å². The van der Waals surface area contributed by atoms with Crippen molar-refractivity contribution in [1.29, 1.82) is 0 Å². The van der Waals surface area contributed by atoms with Crippen LogP contribution in [0.1, 0.15) is 52.1 Å². The van der Waals surface area contributed by atoms with Gasteiger partial charge in [0, 0.05) is 11.6 Å². The van der Waals surface area contributed by atoms with Gasteiger partial charge in [-0.3, -0.25) is 10.1 Å². The maximum Gasteiger partial charge on any atom is 0.412 e. The minimum Gasteiger partial charge on any atom is -0.457 e. The van der Waals surface area contributed by atoms with E-state index in [1.807, 2.05) is 20.8 Å². The molecule has 2 amide bonds. The van der Waals surface area contributed by atoms with Crippen molar-refractivity contribution in [3.8, 4) is 0 Å². The summed E-state index contributed by atoms with van der Waals surface area (Å²) in [4.78, 5) is 23.7. The Hall–Kier alpha value is -1.98. The monoisotopic (exact) mass is 282 g/mol. The first-order chi connectivity index (χ1) is 8.98. The number of anilines is 1. The van der Waals surface area contributed by atoms with Gasteiger partial charge in [-0.15, -0.1) is 0 Å². The second kappa shape index (κ2) is 5.56. The van der Waals surface area contributed by atoms with E-state index in [2.05, 4.69) is 10.6 Å². The van der Waals surface area contributed by atoms with Crippen molar-refractivity contribution < 1.29 is 18.7 Å². The lowest BCUT2D eigenvalue weighted by molar-refractivity contribution is 0.0635. The Kier molecular flexibility index (Phi) is 4.47. The number of amides is 2. The minimum atomic E-state index is -0.635. The number of hydrogen-bond acceptors (Lipinski definition) is 4. The molecule has 0 aliphatic carbocycles. The summed E-state index contributed by atoms with van der Waals surface area (Å²) >= 11 is 0. The van der Waals surface area contributed by atoms with Crippen LogP contribution in [0.2, 0.25) is 0 Å². The molecule has 6 heteroatoms. The summed E-state index contributed by atoms with van der Waals surface area (Å²) in [6, 6.07) is 1.50. The maximum atomic E-state index is 12.0. The van der Waals surface area contributed by atoms with Crippen LogP contribution in [0.3, 0.4) is 0 Å². The highest BCUT2D eigenvalue weighted by atomic mass is 16.6. The lowest BCUT2D eigenvalue weighted by Gasteiger charge is -2.21. The largest absolute Gasteiger partial charge is 0.457 e. The molecule has 1 rings (SSSR count). The van der Waals surface area contributed by atoms with Crippen molar-refractivity contribution in [3.63, 3.8) is 0 Å². The second-order valence-corrected chi connectivity index (χ2v) is 6.49. The lowest BCUT2D eigenvalue weighted by atomic mass is 10.1. The molecule has 1 heterocycles. The van der Waals surface area contributed by atoms with Gasteiger partial charge in [0.25, 0.3) is 5.91 Å². The predicted octanol–water partition coefficient (Wildman–Crippen LogP) is 3.15. The highest BCUT2D eigenvalue weighted by molar-refractivity contribution is 6.00. The summed E-state index contributed by atoms with van der Waals surface area (Å²) in [5, 5.41) is 5.26. The smallest absolute Gasteiger partial charge is 0.412 e. The number of carbonyl (C=O) groups is 2. The summed E-state index contributed by atoms with van der Waals surface area (Å²) in [5.41, 5.74) is -0.727. The number of hydrogen-bond donors (Lipinski definition) is 2. The van der Waals surface area contributed by atoms with Crippen LogP contribution in [0.4, 0.5) is 10.5 Å². The normalized spacial score (nSPS) is 11.9. The van der Waals surface area contributed by atoms with Gasteiger partial charge in [-0.05, 0) is 41.5 Å². The molecule has 6 nitrogen and oxygen atoms in total. The quantitative estimate of drug-likeness (QED) is 0.873. The van der Waals surface area contributed by atoms with Crippen LogP contribution in [0.15, 0.2) is 16.7 Å². The Bertz CT molecular complexity index is 492. The third-order valence-electron chi connectivity index (χ3n) is 2.00. The van der Waals surface area contributed by atoms with Gasteiger partial charge in [0.2, 0.25) is 5.76 Å². The Morgan fingerprint density at radius 2 is 1.75 bits per heavy atom. The number of rotatable bonds is 2. The molecule has 1 aromatic heterocycles. The van der Waals surface area contributed by atoms with E-state index in [-0.39, 0.29) is 11.4 Å². The van der Waals surface area contributed by atoms with Crippen LogP contribution in [-0.2, 0) is 4.74 Å². The molecule has 0 radical (unpaired) electrons. The van der Waals surface area contributed by atoms with Crippen LogP contribution < -0.4 is 10.6 Å². The molecular formula is C14H22N2O4. The van der Waals surface area contributed by atoms with Crippen LogP contribution in [0.5, 0.6) is 0 Å². The summed E-state index contributed by atoms with van der Waals surface area (Å²) in [6.45, 7) is 10.8. The van der Waals surface area contributed by atoms with Gasteiger partial charge < -0.3 is 14.5 Å². The summed E-state index contributed by atoms with van der Waals surface area (Å²) in [5.74, 6) is -0.348. The van der Waals surface area contributed by atoms with Crippen molar-refractivity contribution in [3.05, 3.63) is 18.1 Å². The van der Waals surface area contributed by atoms with Gasteiger partial charge in [-0.1, -0.05) is 0 Å². The molecule has 20 heavy (non-hydrogen) atoms. The fraction of sp³-hybridized carbons (Fsp3) is 0.571. The maximum absolute atomic E-state index is 12.0. The second-order valence-electron chi connectivity index (χ2n) is 6.49. The molecule has 0 unspecified atom stereocenters. The minimum absolute atomic E-state index is 0.0470. The predicted molar refractivity (Wildman–Crippen MR) is 75.8 cm³/mol. The van der Waals surface area contributed by atoms with E-state index in [0.29, 0.717) is 0 Å². The molecular weight excluding hydrogens is 260 g/mol. The Balaban J connectivity index is 2.77. The van der Waals surface area contributed by atoms with E-state index in [1.54, 1.807) is 20.8 Å². The average Bonchev–Trinajstić information content (AvgIpc) is 2.59. The molecule has 0 aliphatic rings. The van der Waals surface area contributed by atoms with E-state index in [1.165, 1.54) is 12.3 Å². The van der Waals surface area contributed by atoms with Crippen molar-refractivity contribution in [2.75, 3.05) is 5.32 Å². The zero-order chi connectivity index (χ0) is 15.6. The molecule has 0 atom stereocenters. The highest BCUT2D eigenvalue weighted by Crippen LogP contribution is 2.19. The first kappa shape index (κ1) is 16.1. The molecule has 0 bridgehead atoms. The first-order valence-electron chi connectivity index (χ1n) is 6.38. The summed E-state index contributed by atoms with van der Waals surface area (Å²) in [6.07, 6.45) is 0.702. The molecule has 1 aromatic rings. The van der Waals surface area contributed by atoms with E-state index in [9.17, 15) is 9.59 Å². The van der Waals surface area contributed by atoms with Crippen molar-refractivity contribution in [2.45, 2.75) is 52.7 Å². The molecule has 0 fully saturated rings. The molecule has 0 aromatic carbocycles. The SMILES string of the molecule is CC(C)(C)NC(=O)c1occc1NC(=O)OC(C)(C)C. The lowest BCUT2D eigenvalue weighted by Crippen LogP contribution is -2.40. The zero-order valence-corrected chi connectivity index (χ0v) is 12.8. The van der Waals surface area contributed by atoms with Crippen LogP contribution in [0.25, 0.3) is 0 Å². The average molecular weight is 282 g/mol. The molecule has 0 aliphatic heterocycles. The highest BCUT2D eigenvalue weighted by Gasteiger charge is 2.23. The van der Waals surface area contributed by atoms with E-state index >= 15 is 0 Å². The fourth-order valence-corrected chi connectivity index (χ4v) is 1.39. The van der Waals surface area contributed by atoms with Crippen molar-refractivity contribution in [2.24, 2.45) is 0 Å². The van der Waals surface area contributed by atoms with E-state index in [4.69, 9.17) is 9.15 Å². The van der Waals surface area contributed by atoms with Gasteiger partial charge in [0.05, 0.1) is 12.0 Å². The Labute approximate surface area is 118 Å². The number of nitrogens with one attached hydrogen (secondary N) is 2. The molecule has 0 saturated heterocycles. The van der Waals surface area contributed by atoms with Gasteiger partial charge in [-0.2, -0.15) is 0 Å². The van der Waals surface area contributed by atoms with Gasteiger partial charge in [0.15, 0.2) is 0 Å². The fourth-order valence-electron chi connectivity index (χ4n) is 1.39. The number of furan rings is 1. The third kappa shape index (κ3) is 5.34.